The average Bonchev–Trinajstić information content (AvgIpc) is 2.41. The van der Waals surface area contributed by atoms with Crippen molar-refractivity contribution < 1.29 is 12.8 Å². The van der Waals surface area contributed by atoms with Crippen LogP contribution in [-0.2, 0) is 10.0 Å². The monoisotopic (exact) mass is 324 g/mol. The van der Waals surface area contributed by atoms with Crippen LogP contribution < -0.4 is 5.14 Å². The molecule has 0 aliphatic heterocycles. The van der Waals surface area contributed by atoms with Crippen molar-refractivity contribution in [1.82, 2.24) is 4.98 Å². The summed E-state index contributed by atoms with van der Waals surface area (Å²) in [5.74, 6) is 0. The van der Waals surface area contributed by atoms with Crippen LogP contribution in [0.3, 0.4) is 0 Å². The second-order valence-electron chi connectivity index (χ2n) is 2.64. The molecule has 0 aliphatic carbocycles. The standard InChI is InChI=1S/C7H5IN2O3S/c8-7-10-5-3-4(14(9,11)12)1-2-6(5)13-7/h1-3H,(H2,9,11,12). The van der Waals surface area contributed by atoms with E-state index in [-0.39, 0.29) is 4.90 Å². The number of nitrogens with zero attached hydrogens (tertiary/aromatic N) is 1. The molecule has 0 saturated heterocycles. The fraction of sp³-hybridized carbons (Fsp3) is 0. The molecule has 2 rings (SSSR count). The van der Waals surface area contributed by atoms with Crippen LogP contribution in [0.25, 0.3) is 11.1 Å². The number of hydrogen-bond acceptors (Lipinski definition) is 4. The molecule has 0 aliphatic rings. The second-order valence-corrected chi connectivity index (χ2v) is 5.13. The van der Waals surface area contributed by atoms with Crippen LogP contribution in [0.1, 0.15) is 0 Å². The zero-order valence-corrected chi connectivity index (χ0v) is 9.74. The highest BCUT2D eigenvalue weighted by atomic mass is 127. The molecule has 1 heterocycles. The van der Waals surface area contributed by atoms with E-state index in [0.29, 0.717) is 15.0 Å². The van der Waals surface area contributed by atoms with E-state index in [0.717, 1.165) is 0 Å². The maximum absolute atomic E-state index is 11.0. The van der Waals surface area contributed by atoms with E-state index >= 15 is 0 Å². The first-order chi connectivity index (χ1) is 6.47. The Bertz CT molecular complexity index is 590. The van der Waals surface area contributed by atoms with Crippen molar-refractivity contribution in [2.45, 2.75) is 4.90 Å². The van der Waals surface area contributed by atoms with Crippen molar-refractivity contribution in [3.05, 3.63) is 22.1 Å². The average molecular weight is 324 g/mol. The summed E-state index contributed by atoms with van der Waals surface area (Å²) in [5, 5.41) is 4.97. The van der Waals surface area contributed by atoms with Gasteiger partial charge in [-0.05, 0) is 18.2 Å². The maximum atomic E-state index is 11.0. The smallest absolute Gasteiger partial charge is 0.258 e. The summed E-state index contributed by atoms with van der Waals surface area (Å²) in [6, 6.07) is 4.31. The third-order valence-corrected chi connectivity index (χ3v) is 3.03. The highest BCUT2D eigenvalue weighted by Gasteiger charge is 2.10. The lowest BCUT2D eigenvalue weighted by Gasteiger charge is -1.95. The first kappa shape index (κ1) is 9.87. The number of primary sulfonamides is 1. The third kappa shape index (κ3) is 1.74. The summed E-state index contributed by atoms with van der Waals surface area (Å²) in [6.45, 7) is 0. The van der Waals surface area contributed by atoms with Crippen LogP contribution in [0, 0.1) is 3.90 Å². The van der Waals surface area contributed by atoms with E-state index in [4.69, 9.17) is 9.56 Å². The molecule has 0 bridgehead atoms. The molecular weight excluding hydrogens is 319 g/mol. The van der Waals surface area contributed by atoms with Crippen LogP contribution in [0.4, 0.5) is 0 Å². The van der Waals surface area contributed by atoms with Gasteiger partial charge in [0.25, 0.3) is 3.90 Å². The van der Waals surface area contributed by atoms with Crippen molar-refractivity contribution in [1.29, 1.82) is 0 Å². The summed E-state index contributed by atoms with van der Waals surface area (Å²) in [5.41, 5.74) is 1.03. The Hall–Kier alpha value is -0.670. The van der Waals surface area contributed by atoms with Crippen molar-refractivity contribution in [2.75, 3.05) is 0 Å². The highest BCUT2D eigenvalue weighted by molar-refractivity contribution is 14.1. The van der Waals surface area contributed by atoms with Crippen molar-refractivity contribution in [3.8, 4) is 0 Å². The number of benzene rings is 1. The molecule has 7 heteroatoms. The number of sulfonamides is 1. The predicted molar refractivity (Wildman–Crippen MR) is 58.1 cm³/mol. The van der Waals surface area contributed by atoms with Gasteiger partial charge in [-0.1, -0.05) is 0 Å². The molecule has 0 atom stereocenters. The lowest BCUT2D eigenvalue weighted by Crippen LogP contribution is -2.11. The van der Waals surface area contributed by atoms with Gasteiger partial charge in [-0.15, -0.1) is 0 Å². The quantitative estimate of drug-likeness (QED) is 0.796. The summed E-state index contributed by atoms with van der Waals surface area (Å²) < 4.78 is 27.6. The topological polar surface area (TPSA) is 86.2 Å². The van der Waals surface area contributed by atoms with E-state index in [1.807, 2.05) is 22.6 Å². The molecular formula is C7H5IN2O3S. The Kier molecular flexibility index (Phi) is 2.24. The van der Waals surface area contributed by atoms with E-state index < -0.39 is 10.0 Å². The Balaban J connectivity index is 2.74. The van der Waals surface area contributed by atoms with Crippen molar-refractivity contribution >= 4 is 43.7 Å². The number of halogens is 1. The number of oxazole rings is 1. The molecule has 5 nitrogen and oxygen atoms in total. The van der Waals surface area contributed by atoms with Gasteiger partial charge in [0.1, 0.15) is 5.52 Å². The minimum atomic E-state index is -3.67. The van der Waals surface area contributed by atoms with Crippen LogP contribution in [0.5, 0.6) is 0 Å². The lowest BCUT2D eigenvalue weighted by atomic mass is 10.3. The van der Waals surface area contributed by atoms with Gasteiger partial charge in [-0.3, -0.25) is 0 Å². The molecule has 74 valence electrons. The molecule has 14 heavy (non-hydrogen) atoms. The van der Waals surface area contributed by atoms with Crippen LogP contribution in [0.2, 0.25) is 0 Å². The first-order valence-corrected chi connectivity index (χ1v) is 6.18. The van der Waals surface area contributed by atoms with Crippen molar-refractivity contribution in [2.24, 2.45) is 5.14 Å². The minimum Gasteiger partial charge on any atom is -0.432 e. The van der Waals surface area contributed by atoms with Gasteiger partial charge in [0.05, 0.1) is 4.90 Å². The van der Waals surface area contributed by atoms with E-state index in [1.165, 1.54) is 18.2 Å². The number of rotatable bonds is 1. The summed E-state index contributed by atoms with van der Waals surface area (Å²) >= 11 is 1.91. The summed E-state index contributed by atoms with van der Waals surface area (Å²) in [6.07, 6.45) is 0. The molecule has 1 aromatic heterocycles. The summed E-state index contributed by atoms with van der Waals surface area (Å²) in [7, 11) is -3.67. The Morgan fingerprint density at radius 2 is 2.14 bits per heavy atom. The number of aromatic nitrogens is 1. The van der Waals surface area contributed by atoms with E-state index in [1.54, 1.807) is 0 Å². The Morgan fingerprint density at radius 3 is 2.79 bits per heavy atom. The normalized spacial score (nSPS) is 12.1. The van der Waals surface area contributed by atoms with Crippen molar-refractivity contribution in [3.63, 3.8) is 0 Å². The van der Waals surface area contributed by atoms with Crippen LogP contribution in [-0.4, -0.2) is 13.4 Å². The third-order valence-electron chi connectivity index (χ3n) is 1.66. The number of hydrogen-bond donors (Lipinski definition) is 1. The highest BCUT2D eigenvalue weighted by Crippen LogP contribution is 2.19. The predicted octanol–water partition coefficient (Wildman–Crippen LogP) is 1.08. The SMILES string of the molecule is NS(=O)(=O)c1ccc2oc(I)nc2c1. The zero-order chi connectivity index (χ0) is 10.3. The first-order valence-electron chi connectivity index (χ1n) is 3.56. The minimum absolute atomic E-state index is 0.0368. The molecule has 1 aromatic carbocycles. The Labute approximate surface area is 93.5 Å². The van der Waals surface area contributed by atoms with Gasteiger partial charge < -0.3 is 4.42 Å². The molecule has 0 fully saturated rings. The Morgan fingerprint density at radius 1 is 1.43 bits per heavy atom. The van der Waals surface area contributed by atoms with Gasteiger partial charge in [0.15, 0.2) is 5.58 Å². The maximum Gasteiger partial charge on any atom is 0.258 e. The number of nitrogens with two attached hydrogens (primary N) is 1. The van der Waals surface area contributed by atoms with Gasteiger partial charge in [0.2, 0.25) is 10.0 Å². The molecule has 0 unspecified atom stereocenters. The molecule has 2 aromatic rings. The van der Waals surface area contributed by atoms with E-state index in [2.05, 4.69) is 4.98 Å². The van der Waals surface area contributed by atoms with Crippen LogP contribution >= 0.6 is 22.6 Å². The molecule has 2 N–H and O–H groups in total. The number of fused-ring (bicyclic) bond motifs is 1. The van der Waals surface area contributed by atoms with Gasteiger partial charge >= 0.3 is 0 Å². The summed E-state index contributed by atoms with van der Waals surface area (Å²) in [4.78, 5) is 4.02. The van der Waals surface area contributed by atoms with Crippen LogP contribution in [0.15, 0.2) is 27.5 Å². The molecule has 0 radical (unpaired) electrons. The molecule has 0 spiro atoms. The second kappa shape index (κ2) is 3.17. The van der Waals surface area contributed by atoms with Gasteiger partial charge in [0, 0.05) is 22.6 Å². The molecule has 0 amide bonds. The van der Waals surface area contributed by atoms with Gasteiger partial charge in [-0.2, -0.15) is 0 Å². The largest absolute Gasteiger partial charge is 0.432 e. The fourth-order valence-corrected chi connectivity index (χ4v) is 2.09. The lowest BCUT2D eigenvalue weighted by molar-refractivity contribution is 0.566. The van der Waals surface area contributed by atoms with Gasteiger partial charge in [-0.25, -0.2) is 18.5 Å². The fourth-order valence-electron chi connectivity index (χ4n) is 1.06. The zero-order valence-electron chi connectivity index (χ0n) is 6.77. The molecule has 0 saturated carbocycles. The van der Waals surface area contributed by atoms with E-state index in [9.17, 15) is 8.42 Å².